The molecule has 0 saturated carbocycles. The van der Waals surface area contributed by atoms with E-state index in [0.29, 0.717) is 0 Å². The van der Waals surface area contributed by atoms with Crippen LogP contribution in [0.15, 0.2) is 0 Å². The smallest absolute Gasteiger partial charge is 0.0414 e. The van der Waals surface area contributed by atoms with Gasteiger partial charge in [0, 0.05) is 5.97 Å². The second kappa shape index (κ2) is 11.9. The van der Waals surface area contributed by atoms with Crippen molar-refractivity contribution in [2.24, 2.45) is 5.92 Å². The Morgan fingerprint density at radius 2 is 1.41 bits per heavy atom. The Morgan fingerprint density at radius 1 is 0.941 bits per heavy atom. The van der Waals surface area contributed by atoms with Crippen molar-refractivity contribution in [2.75, 3.05) is 0 Å². The van der Waals surface area contributed by atoms with E-state index in [4.69, 9.17) is 0 Å². The van der Waals surface area contributed by atoms with Crippen LogP contribution in [-0.4, -0.2) is 5.97 Å². The van der Waals surface area contributed by atoms with E-state index in [1.54, 1.807) is 0 Å². The quantitative estimate of drug-likeness (QED) is 0.489. The third-order valence-corrected chi connectivity index (χ3v) is 3.52. The minimum Gasteiger partial charge on any atom is -0.550 e. The maximum absolute atomic E-state index is 10.2. The molecule has 0 amide bonds. The molecule has 0 aromatic carbocycles. The first kappa shape index (κ1) is 16.5. The van der Waals surface area contributed by atoms with Gasteiger partial charge in [-0.3, -0.25) is 0 Å². The monoisotopic (exact) mass is 241 g/mol. The molecule has 0 aromatic heterocycles. The van der Waals surface area contributed by atoms with Gasteiger partial charge in [0.05, 0.1) is 0 Å². The SMILES string of the molecule is CCC(C)CCCCCCCCCCC(=O)[O-]. The van der Waals surface area contributed by atoms with Crippen molar-refractivity contribution < 1.29 is 9.90 Å². The van der Waals surface area contributed by atoms with Gasteiger partial charge in [0.2, 0.25) is 0 Å². The molecule has 0 heterocycles. The van der Waals surface area contributed by atoms with E-state index in [1.165, 1.54) is 51.4 Å². The Balaban J connectivity index is 3.01. The third kappa shape index (κ3) is 13.4. The largest absolute Gasteiger partial charge is 0.550 e. The first-order valence-corrected chi connectivity index (χ1v) is 7.36. The summed E-state index contributed by atoms with van der Waals surface area (Å²) in [4.78, 5) is 10.2. The molecule has 2 heteroatoms. The van der Waals surface area contributed by atoms with Crippen molar-refractivity contribution in [3.8, 4) is 0 Å². The van der Waals surface area contributed by atoms with E-state index < -0.39 is 5.97 Å². The molecule has 1 unspecified atom stereocenters. The molecule has 0 N–H and O–H groups in total. The Labute approximate surface area is 107 Å². The van der Waals surface area contributed by atoms with E-state index in [-0.39, 0.29) is 6.42 Å². The van der Waals surface area contributed by atoms with Gasteiger partial charge in [-0.2, -0.15) is 0 Å². The number of carboxylic acid groups (broad SMARTS) is 1. The summed E-state index contributed by atoms with van der Waals surface area (Å²) in [6.07, 6.45) is 12.6. The van der Waals surface area contributed by atoms with Crippen LogP contribution in [0.5, 0.6) is 0 Å². The summed E-state index contributed by atoms with van der Waals surface area (Å²) in [5, 5.41) is 10.2. The zero-order chi connectivity index (χ0) is 12.9. The fraction of sp³-hybridized carbons (Fsp3) is 0.933. The van der Waals surface area contributed by atoms with Crippen LogP contribution in [0.3, 0.4) is 0 Å². The Kier molecular flexibility index (Phi) is 11.6. The van der Waals surface area contributed by atoms with E-state index >= 15 is 0 Å². The number of hydrogen-bond acceptors (Lipinski definition) is 2. The van der Waals surface area contributed by atoms with Gasteiger partial charge >= 0.3 is 0 Å². The highest BCUT2D eigenvalue weighted by molar-refractivity contribution is 5.63. The van der Waals surface area contributed by atoms with Crippen molar-refractivity contribution in [2.45, 2.75) is 84.5 Å². The average molecular weight is 241 g/mol. The van der Waals surface area contributed by atoms with Crippen LogP contribution in [-0.2, 0) is 4.79 Å². The van der Waals surface area contributed by atoms with Crippen molar-refractivity contribution >= 4 is 5.97 Å². The maximum atomic E-state index is 10.2. The molecular formula is C15H29O2-. The van der Waals surface area contributed by atoms with Crippen LogP contribution in [0, 0.1) is 5.92 Å². The lowest BCUT2D eigenvalue weighted by Gasteiger charge is -2.07. The van der Waals surface area contributed by atoms with E-state index in [9.17, 15) is 9.90 Å². The summed E-state index contributed by atoms with van der Waals surface area (Å²) in [6, 6.07) is 0. The lowest BCUT2D eigenvalue weighted by atomic mass is 9.99. The molecule has 17 heavy (non-hydrogen) atoms. The second-order valence-corrected chi connectivity index (χ2v) is 5.25. The van der Waals surface area contributed by atoms with Gasteiger partial charge in [-0.1, -0.05) is 71.6 Å². The summed E-state index contributed by atoms with van der Waals surface area (Å²) >= 11 is 0. The summed E-state index contributed by atoms with van der Waals surface area (Å²) in [7, 11) is 0. The van der Waals surface area contributed by atoms with E-state index in [2.05, 4.69) is 13.8 Å². The molecule has 0 aromatic rings. The molecule has 0 bridgehead atoms. The molecule has 0 radical (unpaired) electrons. The predicted molar refractivity (Wildman–Crippen MR) is 70.6 cm³/mol. The molecule has 0 aliphatic heterocycles. The minimum absolute atomic E-state index is 0.231. The van der Waals surface area contributed by atoms with Gasteiger partial charge in [0.25, 0.3) is 0 Å². The Morgan fingerprint density at radius 3 is 1.88 bits per heavy atom. The van der Waals surface area contributed by atoms with Gasteiger partial charge in [-0.15, -0.1) is 0 Å². The lowest BCUT2D eigenvalue weighted by molar-refractivity contribution is -0.305. The number of aliphatic carboxylic acids is 1. The Bertz CT molecular complexity index is 178. The van der Waals surface area contributed by atoms with Crippen molar-refractivity contribution in [1.82, 2.24) is 0 Å². The lowest BCUT2D eigenvalue weighted by Crippen LogP contribution is -2.21. The van der Waals surface area contributed by atoms with E-state index in [0.717, 1.165) is 18.8 Å². The molecule has 0 aliphatic carbocycles. The molecule has 0 fully saturated rings. The normalized spacial score (nSPS) is 12.6. The van der Waals surface area contributed by atoms with Crippen molar-refractivity contribution in [1.29, 1.82) is 0 Å². The van der Waals surface area contributed by atoms with Gasteiger partial charge < -0.3 is 9.90 Å². The third-order valence-electron chi connectivity index (χ3n) is 3.52. The highest BCUT2D eigenvalue weighted by Gasteiger charge is 1.98. The number of carboxylic acids is 1. The van der Waals surface area contributed by atoms with Gasteiger partial charge in [-0.05, 0) is 18.8 Å². The van der Waals surface area contributed by atoms with Crippen LogP contribution < -0.4 is 5.11 Å². The van der Waals surface area contributed by atoms with E-state index in [1.807, 2.05) is 0 Å². The summed E-state index contributed by atoms with van der Waals surface area (Å²) < 4.78 is 0. The molecular weight excluding hydrogens is 212 g/mol. The number of rotatable bonds is 12. The van der Waals surface area contributed by atoms with Crippen molar-refractivity contribution in [3.63, 3.8) is 0 Å². The Hall–Kier alpha value is -0.530. The zero-order valence-corrected chi connectivity index (χ0v) is 11.7. The number of carbonyl (C=O) groups excluding carboxylic acids is 1. The standard InChI is InChI=1S/C15H30O2/c1-3-14(2)12-10-8-6-4-5-7-9-11-13-15(16)17/h14H,3-13H2,1-2H3,(H,16,17)/p-1. The summed E-state index contributed by atoms with van der Waals surface area (Å²) in [6.45, 7) is 4.59. The fourth-order valence-corrected chi connectivity index (χ4v) is 2.03. The maximum Gasteiger partial charge on any atom is 0.0414 e. The highest BCUT2D eigenvalue weighted by atomic mass is 16.4. The predicted octanol–water partition coefficient (Wildman–Crippen LogP) is 3.68. The highest BCUT2D eigenvalue weighted by Crippen LogP contribution is 2.14. The first-order chi connectivity index (χ1) is 8.16. The van der Waals surface area contributed by atoms with Crippen LogP contribution >= 0.6 is 0 Å². The first-order valence-electron chi connectivity index (χ1n) is 7.36. The average Bonchev–Trinajstić information content (AvgIpc) is 2.30. The molecule has 0 saturated heterocycles. The van der Waals surface area contributed by atoms with Crippen LogP contribution in [0.2, 0.25) is 0 Å². The van der Waals surface area contributed by atoms with Gasteiger partial charge in [0.1, 0.15) is 0 Å². The van der Waals surface area contributed by atoms with Gasteiger partial charge in [0.15, 0.2) is 0 Å². The number of hydrogen-bond donors (Lipinski definition) is 0. The molecule has 2 nitrogen and oxygen atoms in total. The molecule has 1 atom stereocenters. The van der Waals surface area contributed by atoms with Crippen LogP contribution in [0.4, 0.5) is 0 Å². The molecule has 0 rings (SSSR count). The second-order valence-electron chi connectivity index (χ2n) is 5.25. The molecule has 0 aliphatic rings. The summed E-state index contributed by atoms with van der Waals surface area (Å²) in [5.41, 5.74) is 0. The molecule has 0 spiro atoms. The minimum atomic E-state index is -0.907. The topological polar surface area (TPSA) is 40.1 Å². The van der Waals surface area contributed by atoms with Crippen LogP contribution in [0.25, 0.3) is 0 Å². The van der Waals surface area contributed by atoms with Gasteiger partial charge in [-0.25, -0.2) is 0 Å². The zero-order valence-electron chi connectivity index (χ0n) is 11.7. The molecule has 102 valence electrons. The number of carbonyl (C=O) groups is 1. The summed E-state index contributed by atoms with van der Waals surface area (Å²) in [5.74, 6) is -0.0188. The number of unbranched alkanes of at least 4 members (excludes halogenated alkanes) is 7. The van der Waals surface area contributed by atoms with Crippen LogP contribution in [0.1, 0.15) is 84.5 Å². The van der Waals surface area contributed by atoms with Crippen molar-refractivity contribution in [3.05, 3.63) is 0 Å². The fourth-order valence-electron chi connectivity index (χ4n) is 2.03.